The van der Waals surface area contributed by atoms with Crippen LogP contribution in [-0.4, -0.2) is 24.1 Å². The van der Waals surface area contributed by atoms with Gasteiger partial charge in [0.2, 0.25) is 0 Å². The lowest BCUT2D eigenvalue weighted by Gasteiger charge is -1.97. The van der Waals surface area contributed by atoms with Crippen molar-refractivity contribution in [3.05, 3.63) is 30.3 Å². The van der Waals surface area contributed by atoms with Gasteiger partial charge in [-0.15, -0.1) is 0 Å². The molecule has 1 heterocycles. The summed E-state index contributed by atoms with van der Waals surface area (Å²) >= 11 is 1.55. The standard InChI is InChI=1S/C11H12O3S/c1-2-13-10(12)9-11(14-9)15-8-6-4-3-5-7-8/h3-7,9,11H,2H2,1H3. The molecule has 0 aliphatic carbocycles. The van der Waals surface area contributed by atoms with Crippen molar-refractivity contribution < 1.29 is 14.3 Å². The number of carbonyl (C=O) groups is 1. The first-order valence-corrected chi connectivity index (χ1v) is 5.73. The zero-order valence-electron chi connectivity index (χ0n) is 8.38. The number of hydrogen-bond donors (Lipinski definition) is 0. The van der Waals surface area contributed by atoms with Crippen molar-refractivity contribution in [1.29, 1.82) is 0 Å². The Kier molecular flexibility index (Phi) is 3.28. The number of hydrogen-bond acceptors (Lipinski definition) is 4. The first-order valence-electron chi connectivity index (χ1n) is 4.85. The lowest BCUT2D eigenvalue weighted by molar-refractivity contribution is -0.144. The Morgan fingerprint density at radius 2 is 2.20 bits per heavy atom. The molecule has 1 aromatic rings. The Labute approximate surface area is 92.8 Å². The Morgan fingerprint density at radius 1 is 1.47 bits per heavy atom. The van der Waals surface area contributed by atoms with Crippen molar-refractivity contribution in [2.45, 2.75) is 23.4 Å². The second kappa shape index (κ2) is 4.68. The van der Waals surface area contributed by atoms with Crippen LogP contribution in [0.2, 0.25) is 0 Å². The largest absolute Gasteiger partial charge is 0.464 e. The van der Waals surface area contributed by atoms with Gasteiger partial charge in [0, 0.05) is 4.90 Å². The van der Waals surface area contributed by atoms with Crippen LogP contribution in [0.1, 0.15) is 6.92 Å². The van der Waals surface area contributed by atoms with Crippen molar-refractivity contribution in [3.63, 3.8) is 0 Å². The van der Waals surface area contributed by atoms with E-state index in [-0.39, 0.29) is 17.5 Å². The predicted molar refractivity (Wildman–Crippen MR) is 57.6 cm³/mol. The minimum Gasteiger partial charge on any atom is -0.464 e. The van der Waals surface area contributed by atoms with E-state index in [1.807, 2.05) is 30.3 Å². The number of thioether (sulfide) groups is 1. The van der Waals surface area contributed by atoms with Crippen LogP contribution in [0, 0.1) is 0 Å². The first kappa shape index (κ1) is 10.5. The summed E-state index contributed by atoms with van der Waals surface area (Å²) in [6.45, 7) is 2.20. The average Bonchev–Trinajstić information content (AvgIpc) is 2.99. The van der Waals surface area contributed by atoms with Gasteiger partial charge in [-0.25, -0.2) is 4.79 Å². The normalized spacial score (nSPS) is 23.5. The molecule has 1 aliphatic rings. The molecule has 0 bridgehead atoms. The highest BCUT2D eigenvalue weighted by atomic mass is 32.2. The van der Waals surface area contributed by atoms with Crippen molar-refractivity contribution in [3.8, 4) is 0 Å². The van der Waals surface area contributed by atoms with E-state index >= 15 is 0 Å². The zero-order valence-corrected chi connectivity index (χ0v) is 9.20. The van der Waals surface area contributed by atoms with Crippen molar-refractivity contribution in [2.24, 2.45) is 0 Å². The smallest absolute Gasteiger partial charge is 0.338 e. The van der Waals surface area contributed by atoms with Gasteiger partial charge < -0.3 is 9.47 Å². The maximum Gasteiger partial charge on any atom is 0.338 e. The van der Waals surface area contributed by atoms with Crippen LogP contribution >= 0.6 is 11.8 Å². The molecule has 3 nitrogen and oxygen atoms in total. The molecule has 1 aromatic carbocycles. The van der Waals surface area contributed by atoms with Crippen LogP contribution in [0.5, 0.6) is 0 Å². The maximum atomic E-state index is 11.2. The van der Waals surface area contributed by atoms with E-state index in [2.05, 4.69) is 0 Å². The minimum absolute atomic E-state index is 0.0774. The highest BCUT2D eigenvalue weighted by molar-refractivity contribution is 8.00. The number of epoxide rings is 1. The molecule has 1 aliphatic heterocycles. The van der Waals surface area contributed by atoms with Gasteiger partial charge in [0.15, 0.2) is 6.10 Å². The zero-order chi connectivity index (χ0) is 10.7. The van der Waals surface area contributed by atoms with Gasteiger partial charge in [-0.3, -0.25) is 0 Å². The van der Waals surface area contributed by atoms with E-state index in [1.165, 1.54) is 0 Å². The van der Waals surface area contributed by atoms with E-state index in [1.54, 1.807) is 18.7 Å². The van der Waals surface area contributed by atoms with Gasteiger partial charge in [0.05, 0.1) is 6.61 Å². The highest BCUT2D eigenvalue weighted by Gasteiger charge is 2.47. The number of rotatable bonds is 4. The van der Waals surface area contributed by atoms with Gasteiger partial charge in [-0.2, -0.15) is 0 Å². The predicted octanol–water partition coefficient (Wildman–Crippen LogP) is 2.07. The van der Waals surface area contributed by atoms with E-state index in [4.69, 9.17) is 9.47 Å². The summed E-state index contributed by atoms with van der Waals surface area (Å²) in [5.74, 6) is -0.258. The Bertz CT molecular complexity index is 339. The summed E-state index contributed by atoms with van der Waals surface area (Å²) in [5.41, 5.74) is -0.0774. The van der Waals surface area contributed by atoms with Gasteiger partial charge >= 0.3 is 5.97 Å². The Balaban J connectivity index is 1.83. The molecule has 2 rings (SSSR count). The van der Waals surface area contributed by atoms with E-state index in [0.29, 0.717) is 6.61 Å². The van der Waals surface area contributed by atoms with Crippen LogP contribution in [0.4, 0.5) is 0 Å². The Morgan fingerprint density at radius 3 is 2.87 bits per heavy atom. The minimum atomic E-state index is -0.379. The Hall–Kier alpha value is -1.00. The van der Waals surface area contributed by atoms with Gasteiger partial charge in [-0.1, -0.05) is 30.0 Å². The van der Waals surface area contributed by atoms with Crippen LogP contribution in [0.3, 0.4) is 0 Å². The molecule has 0 N–H and O–H groups in total. The molecule has 1 saturated heterocycles. The van der Waals surface area contributed by atoms with E-state index in [0.717, 1.165) is 4.90 Å². The van der Waals surface area contributed by atoms with Crippen molar-refractivity contribution >= 4 is 17.7 Å². The molecule has 0 saturated carbocycles. The monoisotopic (exact) mass is 224 g/mol. The quantitative estimate of drug-likeness (QED) is 0.579. The SMILES string of the molecule is CCOC(=O)C1OC1Sc1ccccc1. The molecule has 0 radical (unpaired) electrons. The lowest BCUT2D eigenvalue weighted by Crippen LogP contribution is -2.12. The van der Waals surface area contributed by atoms with Gasteiger partial charge in [0.1, 0.15) is 5.44 Å². The summed E-state index contributed by atoms with van der Waals surface area (Å²) in [6, 6.07) is 9.87. The van der Waals surface area contributed by atoms with Crippen LogP contribution < -0.4 is 0 Å². The van der Waals surface area contributed by atoms with E-state index in [9.17, 15) is 4.79 Å². The van der Waals surface area contributed by atoms with E-state index < -0.39 is 0 Å². The highest BCUT2D eigenvalue weighted by Crippen LogP contribution is 2.38. The summed E-state index contributed by atoms with van der Waals surface area (Å²) in [6.07, 6.45) is -0.379. The third kappa shape index (κ3) is 2.73. The van der Waals surface area contributed by atoms with Crippen molar-refractivity contribution in [1.82, 2.24) is 0 Å². The third-order valence-corrected chi connectivity index (χ3v) is 3.10. The fourth-order valence-electron chi connectivity index (χ4n) is 1.21. The summed E-state index contributed by atoms with van der Waals surface area (Å²) in [5, 5.41) is 0. The molecule has 2 atom stereocenters. The summed E-state index contributed by atoms with van der Waals surface area (Å²) in [4.78, 5) is 12.4. The molecule has 0 amide bonds. The fourth-order valence-corrected chi connectivity index (χ4v) is 2.21. The second-order valence-electron chi connectivity index (χ2n) is 3.11. The van der Waals surface area contributed by atoms with Crippen molar-refractivity contribution in [2.75, 3.05) is 6.61 Å². The molecule has 0 aromatic heterocycles. The number of ether oxygens (including phenoxy) is 2. The molecular weight excluding hydrogens is 212 g/mol. The fraction of sp³-hybridized carbons (Fsp3) is 0.364. The second-order valence-corrected chi connectivity index (χ2v) is 4.28. The van der Waals surface area contributed by atoms with Gasteiger partial charge in [0.25, 0.3) is 0 Å². The van der Waals surface area contributed by atoms with Crippen LogP contribution in [0.15, 0.2) is 35.2 Å². The number of esters is 1. The summed E-state index contributed by atoms with van der Waals surface area (Å²) < 4.78 is 10.1. The molecule has 0 spiro atoms. The molecule has 15 heavy (non-hydrogen) atoms. The topological polar surface area (TPSA) is 38.8 Å². The molecule has 80 valence electrons. The van der Waals surface area contributed by atoms with Crippen LogP contribution in [-0.2, 0) is 14.3 Å². The van der Waals surface area contributed by atoms with Gasteiger partial charge in [-0.05, 0) is 19.1 Å². The molecular formula is C11H12O3S. The molecule has 1 fully saturated rings. The number of carbonyl (C=O) groups excluding carboxylic acids is 1. The average molecular weight is 224 g/mol. The van der Waals surface area contributed by atoms with Crippen LogP contribution in [0.25, 0.3) is 0 Å². The maximum absolute atomic E-state index is 11.2. The number of benzene rings is 1. The molecule has 4 heteroatoms. The molecule has 2 unspecified atom stereocenters. The third-order valence-electron chi connectivity index (χ3n) is 1.97. The first-order chi connectivity index (χ1) is 7.31. The lowest BCUT2D eigenvalue weighted by atomic mass is 10.4. The summed E-state index contributed by atoms with van der Waals surface area (Å²) in [7, 11) is 0.